The quantitative estimate of drug-likeness (QED) is 0.223. The lowest BCUT2D eigenvalue weighted by atomic mass is 9.78. The van der Waals surface area contributed by atoms with Gasteiger partial charge in [0, 0.05) is 11.1 Å². The second kappa shape index (κ2) is 13.3. The lowest BCUT2D eigenvalue weighted by Crippen LogP contribution is -2.56. The van der Waals surface area contributed by atoms with Gasteiger partial charge in [-0.3, -0.25) is 14.5 Å². The molecule has 218 valence electrons. The standard InChI is InChI=1S/C22H34O5.C10H21N/c1-8-9-10-26-18(23)13-19(24)27-14-15-11-16(21(2,3)4)20(25)17(12-15)22(5,6)7;1-9(2)7-6-8-10(3,4)11(9)5/h11-12,25H,8-10,13-14H2,1-7H3;6-8H2,1-5H3. The molecule has 1 fully saturated rings. The molecule has 38 heavy (non-hydrogen) atoms. The summed E-state index contributed by atoms with van der Waals surface area (Å²) in [5, 5.41) is 10.7. The minimum Gasteiger partial charge on any atom is -0.507 e. The van der Waals surface area contributed by atoms with Crippen molar-refractivity contribution in [3.8, 4) is 5.75 Å². The van der Waals surface area contributed by atoms with Gasteiger partial charge in [0.2, 0.25) is 0 Å². The van der Waals surface area contributed by atoms with Crippen molar-refractivity contribution in [1.29, 1.82) is 0 Å². The number of benzene rings is 1. The van der Waals surface area contributed by atoms with Crippen molar-refractivity contribution in [2.75, 3.05) is 13.7 Å². The first-order valence-corrected chi connectivity index (χ1v) is 14.1. The SMILES string of the molecule is CCCCOC(=O)CC(=O)OCc1cc(C(C)(C)C)c(O)c(C(C)(C)C)c1.CN1C(C)(C)CCCC1(C)C. The molecule has 0 spiro atoms. The highest BCUT2D eigenvalue weighted by Crippen LogP contribution is 2.40. The van der Waals surface area contributed by atoms with E-state index in [1.54, 1.807) is 0 Å². The second-order valence-corrected chi connectivity index (χ2v) is 14.0. The summed E-state index contributed by atoms with van der Waals surface area (Å²) < 4.78 is 10.2. The van der Waals surface area contributed by atoms with Crippen LogP contribution in [0.5, 0.6) is 5.75 Å². The van der Waals surface area contributed by atoms with Crippen LogP contribution in [-0.4, -0.2) is 46.7 Å². The number of hydrogen-bond donors (Lipinski definition) is 1. The van der Waals surface area contributed by atoms with Crippen LogP contribution in [-0.2, 0) is 36.5 Å². The van der Waals surface area contributed by atoms with E-state index in [-0.39, 0.29) is 29.6 Å². The maximum absolute atomic E-state index is 11.9. The van der Waals surface area contributed by atoms with E-state index in [9.17, 15) is 14.7 Å². The number of hydrogen-bond acceptors (Lipinski definition) is 6. The first kappa shape index (κ1) is 33.9. The molecule has 0 aliphatic carbocycles. The van der Waals surface area contributed by atoms with Crippen LogP contribution >= 0.6 is 0 Å². The number of piperidine rings is 1. The molecular formula is C32H55NO5. The Hall–Kier alpha value is -2.08. The summed E-state index contributed by atoms with van der Waals surface area (Å²) in [4.78, 5) is 26.0. The molecule has 6 heteroatoms. The number of likely N-dealkylation sites (tertiary alicyclic amines) is 1. The van der Waals surface area contributed by atoms with E-state index in [2.05, 4.69) is 39.6 Å². The van der Waals surface area contributed by atoms with Gasteiger partial charge in [-0.05, 0) is 100 Å². The molecule has 0 unspecified atom stereocenters. The Morgan fingerprint density at radius 2 is 1.34 bits per heavy atom. The van der Waals surface area contributed by atoms with Gasteiger partial charge in [-0.1, -0.05) is 54.9 Å². The summed E-state index contributed by atoms with van der Waals surface area (Å²) in [6.07, 6.45) is 5.37. The first-order valence-electron chi connectivity index (χ1n) is 14.1. The number of unbranched alkanes of at least 4 members (excludes halogenated alkanes) is 1. The molecule has 0 amide bonds. The van der Waals surface area contributed by atoms with E-state index in [0.29, 0.717) is 17.7 Å². The van der Waals surface area contributed by atoms with Crippen LogP contribution in [0.2, 0.25) is 0 Å². The highest BCUT2D eigenvalue weighted by atomic mass is 16.6. The molecule has 1 saturated heterocycles. The molecule has 0 saturated carbocycles. The van der Waals surface area contributed by atoms with Gasteiger partial charge in [-0.25, -0.2) is 0 Å². The fraction of sp³-hybridized carbons (Fsp3) is 0.750. The van der Waals surface area contributed by atoms with Crippen LogP contribution in [0.1, 0.15) is 131 Å². The molecule has 0 radical (unpaired) electrons. The van der Waals surface area contributed by atoms with Crippen LogP contribution in [0.25, 0.3) is 0 Å². The molecule has 1 N–H and O–H groups in total. The number of phenolic OH excluding ortho intramolecular Hbond substituents is 1. The zero-order valence-corrected chi connectivity index (χ0v) is 26.3. The van der Waals surface area contributed by atoms with Crippen LogP contribution < -0.4 is 0 Å². The van der Waals surface area contributed by atoms with Gasteiger partial charge in [0.05, 0.1) is 6.61 Å². The van der Waals surface area contributed by atoms with Crippen molar-refractivity contribution in [2.45, 2.75) is 143 Å². The van der Waals surface area contributed by atoms with E-state index < -0.39 is 11.9 Å². The molecule has 0 aromatic heterocycles. The smallest absolute Gasteiger partial charge is 0.317 e. The van der Waals surface area contributed by atoms with Crippen molar-refractivity contribution in [2.24, 2.45) is 0 Å². The van der Waals surface area contributed by atoms with Crippen molar-refractivity contribution in [3.05, 3.63) is 28.8 Å². The molecule has 1 heterocycles. The third kappa shape index (κ3) is 10.2. The summed E-state index contributed by atoms with van der Waals surface area (Å²) in [6.45, 7) is 23.9. The summed E-state index contributed by atoms with van der Waals surface area (Å²) in [5.74, 6) is -0.895. The molecular weight excluding hydrogens is 478 g/mol. The number of carbonyl (C=O) groups excluding carboxylic acids is 2. The Morgan fingerprint density at radius 3 is 1.74 bits per heavy atom. The number of rotatable bonds is 7. The molecule has 2 rings (SSSR count). The Bertz CT molecular complexity index is 883. The highest BCUT2D eigenvalue weighted by Gasteiger charge is 2.38. The average Bonchev–Trinajstić information content (AvgIpc) is 2.75. The zero-order chi connectivity index (χ0) is 29.5. The number of phenols is 1. The van der Waals surface area contributed by atoms with Gasteiger partial charge < -0.3 is 14.6 Å². The predicted molar refractivity (Wildman–Crippen MR) is 156 cm³/mol. The summed E-state index contributed by atoms with van der Waals surface area (Å²) in [7, 11) is 2.25. The van der Waals surface area contributed by atoms with Gasteiger partial charge >= 0.3 is 11.9 Å². The molecule has 1 aliphatic heterocycles. The Labute approximate surface area is 232 Å². The molecule has 0 atom stereocenters. The van der Waals surface area contributed by atoms with Crippen LogP contribution in [0.4, 0.5) is 0 Å². The molecule has 0 bridgehead atoms. The minimum absolute atomic E-state index is 0.0491. The van der Waals surface area contributed by atoms with Crippen molar-refractivity contribution < 1.29 is 24.2 Å². The fourth-order valence-electron chi connectivity index (χ4n) is 4.74. The lowest BCUT2D eigenvalue weighted by Gasteiger charge is -2.50. The maximum Gasteiger partial charge on any atom is 0.317 e. The van der Waals surface area contributed by atoms with Gasteiger partial charge in [-0.2, -0.15) is 0 Å². The van der Waals surface area contributed by atoms with Crippen LogP contribution in [0.3, 0.4) is 0 Å². The monoisotopic (exact) mass is 533 g/mol. The Morgan fingerprint density at radius 1 is 0.895 bits per heavy atom. The topological polar surface area (TPSA) is 76.1 Å². The Kier molecular flexibility index (Phi) is 11.9. The van der Waals surface area contributed by atoms with E-state index >= 15 is 0 Å². The molecule has 6 nitrogen and oxygen atoms in total. The van der Waals surface area contributed by atoms with Gasteiger partial charge in [0.15, 0.2) is 0 Å². The van der Waals surface area contributed by atoms with Crippen molar-refractivity contribution in [1.82, 2.24) is 4.90 Å². The minimum atomic E-state index is -0.612. The molecule has 1 aromatic rings. The number of nitrogens with zero attached hydrogens (tertiary/aromatic N) is 1. The summed E-state index contributed by atoms with van der Waals surface area (Å²) in [5.41, 5.74) is 2.69. The Balaban J connectivity index is 0.000000544. The summed E-state index contributed by atoms with van der Waals surface area (Å²) >= 11 is 0. The van der Waals surface area contributed by atoms with Gasteiger partial charge in [-0.15, -0.1) is 0 Å². The number of carbonyl (C=O) groups is 2. The number of esters is 2. The highest BCUT2D eigenvalue weighted by molar-refractivity contribution is 5.91. The molecule has 1 aromatic carbocycles. The van der Waals surface area contributed by atoms with Gasteiger partial charge in [0.25, 0.3) is 0 Å². The van der Waals surface area contributed by atoms with Crippen LogP contribution in [0.15, 0.2) is 12.1 Å². The van der Waals surface area contributed by atoms with Gasteiger partial charge in [0.1, 0.15) is 18.8 Å². The number of ether oxygens (including phenoxy) is 2. The fourth-order valence-corrected chi connectivity index (χ4v) is 4.74. The van der Waals surface area contributed by atoms with Crippen molar-refractivity contribution >= 4 is 11.9 Å². The second-order valence-electron chi connectivity index (χ2n) is 14.0. The molecule has 1 aliphatic rings. The van der Waals surface area contributed by atoms with Crippen LogP contribution in [0, 0.1) is 0 Å². The largest absolute Gasteiger partial charge is 0.507 e. The van der Waals surface area contributed by atoms with E-state index in [4.69, 9.17) is 9.47 Å². The zero-order valence-electron chi connectivity index (χ0n) is 26.3. The van der Waals surface area contributed by atoms with E-state index in [1.807, 2.05) is 60.6 Å². The maximum atomic E-state index is 11.9. The average molecular weight is 534 g/mol. The predicted octanol–water partition coefficient (Wildman–Crippen LogP) is 7.42. The number of aromatic hydroxyl groups is 1. The lowest BCUT2D eigenvalue weighted by molar-refractivity contribution is -0.155. The van der Waals surface area contributed by atoms with E-state index in [1.165, 1.54) is 19.3 Å². The summed E-state index contributed by atoms with van der Waals surface area (Å²) in [6, 6.07) is 3.72. The third-order valence-electron chi connectivity index (χ3n) is 7.63. The first-order chi connectivity index (χ1) is 17.2. The van der Waals surface area contributed by atoms with Crippen molar-refractivity contribution in [3.63, 3.8) is 0 Å². The van der Waals surface area contributed by atoms with E-state index in [0.717, 1.165) is 29.5 Å². The third-order valence-corrected chi connectivity index (χ3v) is 7.63. The normalized spacial score (nSPS) is 17.3.